The van der Waals surface area contributed by atoms with Crippen LogP contribution in [0.25, 0.3) is 0 Å². The SMILES string of the molecule is CC(=O)OC[C@H]1OC=C(/C=C/S(=O)(=O)c2ccccc2)[C@@H](OC(C)=O)[C@@H]1OC(C)=O. The quantitative estimate of drug-likeness (QED) is 0.462. The fraction of sp³-hybridized carbons (Fsp3) is 0.350. The van der Waals surface area contributed by atoms with Crippen molar-refractivity contribution < 1.29 is 41.7 Å². The number of benzene rings is 1. The van der Waals surface area contributed by atoms with Crippen LogP contribution in [0, 0.1) is 0 Å². The van der Waals surface area contributed by atoms with Crippen LogP contribution in [-0.2, 0) is 43.2 Å². The molecule has 0 N–H and O–H groups in total. The molecule has 0 spiro atoms. The van der Waals surface area contributed by atoms with Crippen LogP contribution in [0.4, 0.5) is 0 Å². The first-order valence-electron chi connectivity index (χ1n) is 8.91. The maximum Gasteiger partial charge on any atom is 0.303 e. The fourth-order valence-corrected chi connectivity index (χ4v) is 3.69. The Morgan fingerprint density at radius 2 is 1.63 bits per heavy atom. The maximum atomic E-state index is 12.5. The topological polar surface area (TPSA) is 122 Å². The number of ether oxygens (including phenoxy) is 4. The average molecular weight is 438 g/mol. The van der Waals surface area contributed by atoms with Gasteiger partial charge in [-0.05, 0) is 18.2 Å². The van der Waals surface area contributed by atoms with E-state index in [1.54, 1.807) is 18.2 Å². The Hall–Kier alpha value is -3.14. The molecule has 162 valence electrons. The lowest BCUT2D eigenvalue weighted by molar-refractivity contribution is -0.180. The summed E-state index contributed by atoms with van der Waals surface area (Å²) in [6.45, 7) is 3.25. The van der Waals surface area contributed by atoms with Gasteiger partial charge < -0.3 is 18.9 Å². The average Bonchev–Trinajstić information content (AvgIpc) is 2.67. The van der Waals surface area contributed by atoms with Crippen molar-refractivity contribution in [3.63, 3.8) is 0 Å². The molecule has 0 radical (unpaired) electrons. The Morgan fingerprint density at radius 1 is 1.00 bits per heavy atom. The summed E-state index contributed by atoms with van der Waals surface area (Å²) in [6.07, 6.45) is -0.893. The van der Waals surface area contributed by atoms with Crippen LogP contribution in [0.3, 0.4) is 0 Å². The first-order chi connectivity index (χ1) is 14.1. The lowest BCUT2D eigenvalue weighted by Gasteiger charge is -2.35. The third kappa shape index (κ3) is 6.45. The predicted octanol–water partition coefficient (Wildman–Crippen LogP) is 1.68. The van der Waals surface area contributed by atoms with Crippen LogP contribution in [0.2, 0.25) is 0 Å². The third-order valence-electron chi connectivity index (χ3n) is 3.93. The van der Waals surface area contributed by atoms with Gasteiger partial charge in [0, 0.05) is 31.8 Å². The Bertz CT molecular complexity index is 948. The summed E-state index contributed by atoms with van der Waals surface area (Å²) in [7, 11) is -3.78. The van der Waals surface area contributed by atoms with Gasteiger partial charge in [-0.2, -0.15) is 0 Å². The molecular formula is C20H22O9S. The zero-order valence-electron chi connectivity index (χ0n) is 16.6. The number of hydrogen-bond donors (Lipinski definition) is 0. The molecule has 0 amide bonds. The fourth-order valence-electron chi connectivity index (χ4n) is 2.66. The van der Waals surface area contributed by atoms with Crippen molar-refractivity contribution in [2.24, 2.45) is 0 Å². The second-order valence-corrected chi connectivity index (χ2v) is 8.19. The van der Waals surface area contributed by atoms with Crippen LogP contribution in [0.1, 0.15) is 20.8 Å². The van der Waals surface area contributed by atoms with Crippen LogP contribution in [0.5, 0.6) is 0 Å². The van der Waals surface area contributed by atoms with Crippen molar-refractivity contribution in [1.29, 1.82) is 0 Å². The van der Waals surface area contributed by atoms with Crippen LogP contribution in [-0.4, -0.2) is 51.2 Å². The minimum atomic E-state index is -3.78. The Morgan fingerprint density at radius 3 is 2.20 bits per heavy atom. The Labute approximate surface area is 174 Å². The summed E-state index contributed by atoms with van der Waals surface area (Å²) in [4.78, 5) is 34.4. The summed E-state index contributed by atoms with van der Waals surface area (Å²) in [5, 5.41) is 0.936. The summed E-state index contributed by atoms with van der Waals surface area (Å²) in [5.74, 6) is -1.95. The maximum absolute atomic E-state index is 12.5. The molecule has 1 aromatic rings. The van der Waals surface area contributed by atoms with E-state index in [1.807, 2.05) is 0 Å². The molecule has 0 saturated carbocycles. The van der Waals surface area contributed by atoms with Crippen LogP contribution in [0.15, 0.2) is 58.5 Å². The highest BCUT2D eigenvalue weighted by molar-refractivity contribution is 7.94. The normalized spacial score (nSPS) is 21.3. The van der Waals surface area contributed by atoms with E-state index in [0.717, 1.165) is 19.3 Å². The van der Waals surface area contributed by atoms with Gasteiger partial charge in [0.15, 0.2) is 28.1 Å². The summed E-state index contributed by atoms with van der Waals surface area (Å²) in [5.41, 5.74) is 0.148. The van der Waals surface area contributed by atoms with E-state index in [4.69, 9.17) is 18.9 Å². The molecule has 0 saturated heterocycles. The third-order valence-corrected chi connectivity index (χ3v) is 5.35. The van der Waals surface area contributed by atoms with Crippen molar-refractivity contribution in [3.05, 3.63) is 53.7 Å². The van der Waals surface area contributed by atoms with Crippen molar-refractivity contribution in [1.82, 2.24) is 0 Å². The molecule has 1 aromatic carbocycles. The first-order valence-corrected chi connectivity index (χ1v) is 10.5. The predicted molar refractivity (Wildman–Crippen MR) is 103 cm³/mol. The largest absolute Gasteiger partial charge is 0.490 e. The van der Waals surface area contributed by atoms with E-state index in [9.17, 15) is 22.8 Å². The van der Waals surface area contributed by atoms with E-state index in [0.29, 0.717) is 0 Å². The van der Waals surface area contributed by atoms with Gasteiger partial charge in [0.05, 0.1) is 11.2 Å². The monoisotopic (exact) mass is 438 g/mol. The second kappa shape index (κ2) is 10.1. The molecule has 0 fully saturated rings. The molecule has 0 aromatic heterocycles. The number of hydrogen-bond acceptors (Lipinski definition) is 9. The standard InChI is InChI=1S/C20H22O9S/c1-13(21)26-12-18-20(29-15(3)23)19(28-14(2)22)16(11-27-18)9-10-30(24,25)17-7-5-4-6-8-17/h4-11,18-20H,12H2,1-3H3/b10-9+/t18-,19-,20-/m1/s1. The molecular weight excluding hydrogens is 416 g/mol. The van der Waals surface area contributed by atoms with Gasteiger partial charge in [-0.25, -0.2) is 8.42 Å². The molecule has 2 rings (SSSR count). The smallest absolute Gasteiger partial charge is 0.303 e. The number of sulfone groups is 1. The van der Waals surface area contributed by atoms with Gasteiger partial charge in [-0.15, -0.1) is 0 Å². The molecule has 10 heteroatoms. The first kappa shape index (κ1) is 23.1. The van der Waals surface area contributed by atoms with E-state index in [2.05, 4.69) is 0 Å². The summed E-state index contributed by atoms with van der Waals surface area (Å²) >= 11 is 0. The second-order valence-electron chi connectivity index (χ2n) is 6.36. The number of carbonyl (C=O) groups is 3. The zero-order valence-corrected chi connectivity index (χ0v) is 17.5. The van der Waals surface area contributed by atoms with Gasteiger partial charge in [-0.1, -0.05) is 18.2 Å². The Balaban J connectivity index is 2.37. The molecule has 30 heavy (non-hydrogen) atoms. The van der Waals surface area contributed by atoms with Gasteiger partial charge in [-0.3, -0.25) is 14.4 Å². The van der Waals surface area contributed by atoms with Crippen LogP contribution < -0.4 is 0 Å². The molecule has 0 aliphatic carbocycles. The lowest BCUT2D eigenvalue weighted by Crippen LogP contribution is -2.49. The van der Waals surface area contributed by atoms with Crippen molar-refractivity contribution in [2.75, 3.05) is 6.61 Å². The van der Waals surface area contributed by atoms with Gasteiger partial charge in [0.1, 0.15) is 6.61 Å². The van der Waals surface area contributed by atoms with Crippen LogP contribution >= 0.6 is 0 Å². The molecule has 1 heterocycles. The van der Waals surface area contributed by atoms with Crippen molar-refractivity contribution in [2.45, 2.75) is 44.0 Å². The minimum Gasteiger partial charge on any atom is -0.490 e. The van der Waals surface area contributed by atoms with Gasteiger partial charge >= 0.3 is 17.9 Å². The highest BCUT2D eigenvalue weighted by Crippen LogP contribution is 2.27. The van der Waals surface area contributed by atoms with E-state index >= 15 is 0 Å². The molecule has 1 aliphatic heterocycles. The lowest BCUT2D eigenvalue weighted by atomic mass is 9.98. The van der Waals surface area contributed by atoms with Gasteiger partial charge in [0.2, 0.25) is 0 Å². The highest BCUT2D eigenvalue weighted by atomic mass is 32.2. The number of esters is 3. The van der Waals surface area contributed by atoms with E-state index < -0.39 is 46.1 Å². The minimum absolute atomic E-state index is 0.0758. The van der Waals surface area contributed by atoms with Gasteiger partial charge in [0.25, 0.3) is 0 Å². The Kier molecular flexibility index (Phi) is 7.76. The van der Waals surface area contributed by atoms with Crippen molar-refractivity contribution >= 4 is 27.7 Å². The molecule has 1 aliphatic rings. The zero-order chi connectivity index (χ0) is 22.3. The number of carbonyl (C=O) groups excluding carboxylic acids is 3. The molecule has 3 atom stereocenters. The molecule has 9 nitrogen and oxygen atoms in total. The highest BCUT2D eigenvalue weighted by Gasteiger charge is 2.41. The summed E-state index contributed by atoms with van der Waals surface area (Å²) < 4.78 is 45.9. The van der Waals surface area contributed by atoms with E-state index in [-0.39, 0.29) is 17.1 Å². The van der Waals surface area contributed by atoms with E-state index in [1.165, 1.54) is 31.4 Å². The number of rotatable bonds is 7. The molecule has 0 bridgehead atoms. The molecule has 0 unspecified atom stereocenters. The summed E-state index contributed by atoms with van der Waals surface area (Å²) in [6, 6.07) is 7.73. The van der Waals surface area contributed by atoms with Crippen molar-refractivity contribution in [3.8, 4) is 0 Å².